The molecule has 0 aliphatic rings. The topological polar surface area (TPSA) is 71.3 Å². The van der Waals surface area contributed by atoms with Gasteiger partial charge in [0.25, 0.3) is 5.56 Å². The van der Waals surface area contributed by atoms with E-state index in [2.05, 4.69) is 5.32 Å². The van der Waals surface area contributed by atoms with E-state index in [0.717, 1.165) is 5.56 Å². The van der Waals surface area contributed by atoms with Gasteiger partial charge >= 0.3 is 0 Å². The van der Waals surface area contributed by atoms with Crippen LogP contribution in [0.2, 0.25) is 0 Å². The second-order valence-electron chi connectivity index (χ2n) is 4.73. The highest BCUT2D eigenvalue weighted by Crippen LogP contribution is 2.14. The Morgan fingerprint density at radius 3 is 2.57 bits per heavy atom. The van der Waals surface area contributed by atoms with Gasteiger partial charge in [0.2, 0.25) is 5.91 Å². The van der Waals surface area contributed by atoms with Gasteiger partial charge in [-0.25, -0.2) is 0 Å². The van der Waals surface area contributed by atoms with Crippen LogP contribution in [0.1, 0.15) is 18.1 Å². The number of hydrogen-bond acceptors (Lipinski definition) is 3. The Hall–Kier alpha value is -2.40. The molecule has 1 amide bonds. The number of aromatic nitrogens is 1. The predicted octanol–water partition coefficient (Wildman–Crippen LogP) is 1.09. The van der Waals surface area contributed by atoms with Gasteiger partial charge in [-0.3, -0.25) is 9.59 Å². The van der Waals surface area contributed by atoms with Crippen LogP contribution in [0, 0.1) is 0 Å². The van der Waals surface area contributed by atoms with Crippen LogP contribution in [-0.4, -0.2) is 22.1 Å². The third-order valence-electron chi connectivity index (χ3n) is 3.14. The lowest BCUT2D eigenvalue weighted by Gasteiger charge is -2.12. The van der Waals surface area contributed by atoms with Crippen molar-refractivity contribution in [3.63, 3.8) is 0 Å². The van der Waals surface area contributed by atoms with Gasteiger partial charge in [-0.05, 0) is 18.1 Å². The molecule has 0 bridgehead atoms. The Morgan fingerprint density at radius 2 is 1.86 bits per heavy atom. The minimum atomic E-state index is -0.606. The minimum Gasteiger partial charge on any atom is -0.388 e. The van der Waals surface area contributed by atoms with E-state index >= 15 is 0 Å². The number of amides is 1. The highest BCUT2D eigenvalue weighted by atomic mass is 16.3. The fourth-order valence-corrected chi connectivity index (χ4v) is 1.99. The molecular formula is C16H18N2O3. The first-order valence-electron chi connectivity index (χ1n) is 6.82. The number of carbonyl (C=O) groups is 1. The average molecular weight is 286 g/mol. The summed E-state index contributed by atoms with van der Waals surface area (Å²) >= 11 is 0. The molecular weight excluding hydrogens is 268 g/mol. The Labute approximate surface area is 122 Å². The van der Waals surface area contributed by atoms with Gasteiger partial charge < -0.3 is 15.0 Å². The van der Waals surface area contributed by atoms with Gasteiger partial charge in [0, 0.05) is 18.8 Å². The van der Waals surface area contributed by atoms with E-state index in [-0.39, 0.29) is 18.0 Å². The van der Waals surface area contributed by atoms with Gasteiger partial charge in [0.1, 0.15) is 6.54 Å². The van der Waals surface area contributed by atoms with Crippen molar-refractivity contribution in [1.82, 2.24) is 9.88 Å². The summed E-state index contributed by atoms with van der Waals surface area (Å²) in [5.41, 5.74) is 0.614. The average Bonchev–Trinajstić information content (AvgIpc) is 2.50. The first-order chi connectivity index (χ1) is 10.2. The van der Waals surface area contributed by atoms with Crippen LogP contribution in [0.25, 0.3) is 0 Å². The number of aliphatic hydroxyl groups excluding tert-OH is 1. The number of pyridine rings is 1. The van der Waals surface area contributed by atoms with E-state index in [0.29, 0.717) is 13.0 Å². The predicted molar refractivity (Wildman–Crippen MR) is 79.7 cm³/mol. The summed E-state index contributed by atoms with van der Waals surface area (Å²) in [6.45, 7) is 0.345. The van der Waals surface area contributed by atoms with Crippen LogP contribution in [0.4, 0.5) is 0 Å². The molecule has 1 aromatic heterocycles. The van der Waals surface area contributed by atoms with E-state index in [1.807, 2.05) is 30.3 Å². The molecule has 2 aromatic rings. The Balaban J connectivity index is 1.77. The van der Waals surface area contributed by atoms with Crippen molar-refractivity contribution in [2.45, 2.75) is 19.1 Å². The van der Waals surface area contributed by atoms with Crippen molar-refractivity contribution >= 4 is 5.91 Å². The van der Waals surface area contributed by atoms with E-state index < -0.39 is 6.10 Å². The summed E-state index contributed by atoms with van der Waals surface area (Å²) in [6.07, 6.45) is 1.39. The number of aliphatic hydroxyl groups is 1. The molecule has 5 nitrogen and oxygen atoms in total. The molecule has 0 saturated heterocycles. The van der Waals surface area contributed by atoms with Crippen molar-refractivity contribution < 1.29 is 9.90 Å². The van der Waals surface area contributed by atoms with Gasteiger partial charge in [-0.2, -0.15) is 0 Å². The van der Waals surface area contributed by atoms with Crippen LogP contribution in [0.3, 0.4) is 0 Å². The first kappa shape index (κ1) is 15.0. The number of nitrogens with zero attached hydrogens (tertiary/aromatic N) is 1. The van der Waals surface area contributed by atoms with Gasteiger partial charge in [-0.15, -0.1) is 0 Å². The van der Waals surface area contributed by atoms with Crippen LogP contribution >= 0.6 is 0 Å². The third kappa shape index (κ3) is 4.57. The maximum absolute atomic E-state index is 11.7. The maximum Gasteiger partial charge on any atom is 0.250 e. The molecule has 1 aromatic carbocycles. The molecule has 1 heterocycles. The Bertz CT molecular complexity index is 637. The molecule has 1 atom stereocenters. The van der Waals surface area contributed by atoms with Crippen molar-refractivity contribution in [3.05, 3.63) is 70.6 Å². The largest absolute Gasteiger partial charge is 0.388 e. The monoisotopic (exact) mass is 286 g/mol. The van der Waals surface area contributed by atoms with E-state index in [1.165, 1.54) is 10.6 Å². The standard InChI is InChI=1S/C16H18N2O3/c19-14(13-6-2-1-3-7-13)9-10-17-15(20)12-18-11-5-4-8-16(18)21/h1-8,11,14,19H,9-10,12H2,(H,17,20). The fourth-order valence-electron chi connectivity index (χ4n) is 1.99. The third-order valence-corrected chi connectivity index (χ3v) is 3.14. The molecule has 0 fully saturated rings. The summed E-state index contributed by atoms with van der Waals surface area (Å²) in [6, 6.07) is 14.0. The molecule has 2 N–H and O–H groups in total. The number of hydrogen-bond donors (Lipinski definition) is 2. The highest BCUT2D eigenvalue weighted by molar-refractivity contribution is 5.75. The molecule has 0 aliphatic carbocycles. The van der Waals surface area contributed by atoms with Gasteiger partial charge in [0.05, 0.1) is 6.10 Å². The quantitative estimate of drug-likeness (QED) is 0.835. The molecule has 0 saturated carbocycles. The van der Waals surface area contributed by atoms with E-state index in [1.54, 1.807) is 18.3 Å². The summed E-state index contributed by atoms with van der Waals surface area (Å²) in [7, 11) is 0. The first-order valence-corrected chi connectivity index (χ1v) is 6.82. The SMILES string of the molecule is O=C(Cn1ccccc1=O)NCCC(O)c1ccccc1. The molecule has 5 heteroatoms. The number of rotatable bonds is 6. The zero-order valence-corrected chi connectivity index (χ0v) is 11.6. The Kier molecular flexibility index (Phi) is 5.29. The van der Waals surface area contributed by atoms with Gasteiger partial charge in [-0.1, -0.05) is 36.4 Å². The van der Waals surface area contributed by atoms with Crippen LogP contribution in [0.15, 0.2) is 59.5 Å². The molecule has 0 spiro atoms. The number of nitrogens with one attached hydrogen (secondary N) is 1. The van der Waals surface area contributed by atoms with Crippen LogP contribution in [0.5, 0.6) is 0 Å². The Morgan fingerprint density at radius 1 is 1.14 bits per heavy atom. The molecule has 0 radical (unpaired) electrons. The highest BCUT2D eigenvalue weighted by Gasteiger charge is 2.08. The smallest absolute Gasteiger partial charge is 0.250 e. The molecule has 0 aliphatic heterocycles. The minimum absolute atomic E-state index is 0.0128. The normalized spacial score (nSPS) is 11.9. The summed E-state index contributed by atoms with van der Waals surface area (Å²) in [5.74, 6) is -0.247. The van der Waals surface area contributed by atoms with Crippen molar-refractivity contribution in [3.8, 4) is 0 Å². The zero-order valence-electron chi connectivity index (χ0n) is 11.6. The second-order valence-corrected chi connectivity index (χ2v) is 4.73. The molecule has 21 heavy (non-hydrogen) atoms. The lowest BCUT2D eigenvalue weighted by atomic mass is 10.1. The lowest BCUT2D eigenvalue weighted by Crippen LogP contribution is -2.32. The summed E-state index contributed by atoms with van der Waals surface area (Å²) in [4.78, 5) is 23.2. The number of carbonyl (C=O) groups excluding carboxylic acids is 1. The molecule has 2 rings (SSSR count). The van der Waals surface area contributed by atoms with Crippen LogP contribution in [-0.2, 0) is 11.3 Å². The van der Waals surface area contributed by atoms with E-state index in [9.17, 15) is 14.7 Å². The number of benzene rings is 1. The molecule has 110 valence electrons. The van der Waals surface area contributed by atoms with Crippen LogP contribution < -0.4 is 10.9 Å². The lowest BCUT2D eigenvalue weighted by molar-refractivity contribution is -0.121. The second kappa shape index (κ2) is 7.40. The molecule has 1 unspecified atom stereocenters. The van der Waals surface area contributed by atoms with E-state index in [4.69, 9.17) is 0 Å². The fraction of sp³-hybridized carbons (Fsp3) is 0.250. The maximum atomic E-state index is 11.7. The van der Waals surface area contributed by atoms with Crippen molar-refractivity contribution in [2.24, 2.45) is 0 Å². The van der Waals surface area contributed by atoms with Crippen molar-refractivity contribution in [1.29, 1.82) is 0 Å². The summed E-state index contributed by atoms with van der Waals surface area (Å²) < 4.78 is 1.34. The summed E-state index contributed by atoms with van der Waals surface area (Å²) in [5, 5.41) is 12.7. The van der Waals surface area contributed by atoms with Gasteiger partial charge in [0.15, 0.2) is 0 Å². The van der Waals surface area contributed by atoms with Crippen molar-refractivity contribution in [2.75, 3.05) is 6.54 Å². The zero-order chi connectivity index (χ0) is 15.1.